The van der Waals surface area contributed by atoms with Crippen LogP contribution >= 0.6 is 0 Å². The fourth-order valence-corrected chi connectivity index (χ4v) is 4.14. The molecule has 34 heavy (non-hydrogen) atoms. The Labute approximate surface area is 197 Å². The molecule has 2 aromatic carbocycles. The van der Waals surface area contributed by atoms with E-state index in [1.807, 2.05) is 36.4 Å². The Morgan fingerprint density at radius 1 is 1.03 bits per heavy atom. The van der Waals surface area contributed by atoms with Gasteiger partial charge >= 0.3 is 12.1 Å². The summed E-state index contributed by atoms with van der Waals surface area (Å²) in [6, 6.07) is 18.1. The Bertz CT molecular complexity index is 1180. The Kier molecular flexibility index (Phi) is 6.87. The number of amides is 2. The van der Waals surface area contributed by atoms with Gasteiger partial charge in [-0.2, -0.15) is 0 Å². The van der Waals surface area contributed by atoms with Gasteiger partial charge in [-0.1, -0.05) is 55.5 Å². The molecule has 1 aromatic heterocycles. The normalized spacial score (nSPS) is 12.9. The van der Waals surface area contributed by atoms with Gasteiger partial charge in [-0.05, 0) is 40.8 Å². The lowest BCUT2D eigenvalue weighted by Gasteiger charge is -2.18. The van der Waals surface area contributed by atoms with E-state index < -0.39 is 24.0 Å². The summed E-state index contributed by atoms with van der Waals surface area (Å²) >= 11 is 0. The highest BCUT2D eigenvalue weighted by atomic mass is 16.5. The molecule has 0 spiro atoms. The van der Waals surface area contributed by atoms with Crippen LogP contribution in [0.2, 0.25) is 0 Å². The van der Waals surface area contributed by atoms with E-state index >= 15 is 0 Å². The maximum absolute atomic E-state index is 12.6. The SMILES string of the molecule is CC[C@@H](NC(=O)OCC1c2ccccc2-c2ccccc21)C(=O)NCc1cc(C(=O)O)ccn1. The van der Waals surface area contributed by atoms with Gasteiger partial charge in [0.2, 0.25) is 5.91 Å². The van der Waals surface area contributed by atoms with Crippen LogP contribution in [0.3, 0.4) is 0 Å². The number of hydrogen-bond donors (Lipinski definition) is 3. The molecule has 1 aliphatic rings. The highest BCUT2D eigenvalue weighted by Crippen LogP contribution is 2.44. The van der Waals surface area contributed by atoms with Crippen molar-refractivity contribution in [2.75, 3.05) is 6.61 Å². The van der Waals surface area contributed by atoms with Gasteiger partial charge in [-0.25, -0.2) is 9.59 Å². The number of nitrogens with one attached hydrogen (secondary N) is 2. The highest BCUT2D eigenvalue weighted by molar-refractivity contribution is 5.88. The third-order valence-electron chi connectivity index (χ3n) is 5.87. The number of fused-ring (bicyclic) bond motifs is 3. The lowest BCUT2D eigenvalue weighted by Crippen LogP contribution is -2.46. The van der Waals surface area contributed by atoms with Crippen LogP contribution in [-0.2, 0) is 16.1 Å². The number of carboxylic acid groups (broad SMARTS) is 1. The van der Waals surface area contributed by atoms with Crippen LogP contribution in [-0.4, -0.2) is 40.7 Å². The first-order valence-electron chi connectivity index (χ1n) is 11.1. The molecule has 1 atom stereocenters. The summed E-state index contributed by atoms with van der Waals surface area (Å²) < 4.78 is 5.52. The predicted octanol–water partition coefficient (Wildman–Crippen LogP) is 3.71. The number of pyridine rings is 1. The van der Waals surface area contributed by atoms with E-state index in [1.165, 1.54) is 18.3 Å². The lowest BCUT2D eigenvalue weighted by molar-refractivity contribution is -0.123. The Hall–Kier alpha value is -4.20. The Morgan fingerprint density at radius 2 is 1.68 bits per heavy atom. The van der Waals surface area contributed by atoms with Crippen molar-refractivity contribution >= 4 is 18.0 Å². The smallest absolute Gasteiger partial charge is 0.407 e. The zero-order chi connectivity index (χ0) is 24.1. The molecule has 174 valence electrons. The van der Waals surface area contributed by atoms with Gasteiger partial charge < -0.3 is 20.5 Å². The van der Waals surface area contributed by atoms with Gasteiger partial charge in [0, 0.05) is 12.1 Å². The predicted molar refractivity (Wildman–Crippen MR) is 125 cm³/mol. The second-order valence-corrected chi connectivity index (χ2v) is 7.99. The zero-order valence-corrected chi connectivity index (χ0v) is 18.7. The fourth-order valence-electron chi connectivity index (χ4n) is 4.14. The van der Waals surface area contributed by atoms with Crippen molar-refractivity contribution in [3.8, 4) is 11.1 Å². The summed E-state index contributed by atoms with van der Waals surface area (Å²) in [4.78, 5) is 40.2. The standard InChI is InChI=1S/C26H25N3O5/c1-2-23(24(30)28-14-17-13-16(25(31)32)11-12-27-17)29-26(33)34-15-22-20-9-5-3-7-18(20)19-8-4-6-10-21(19)22/h3-13,22-23H,2,14-15H2,1H3,(H,28,30)(H,29,33)(H,31,32)/t23-/m1/s1. The highest BCUT2D eigenvalue weighted by Gasteiger charge is 2.29. The second kappa shape index (κ2) is 10.2. The summed E-state index contributed by atoms with van der Waals surface area (Å²) in [6.07, 6.45) is 1.06. The average Bonchev–Trinajstić information content (AvgIpc) is 3.18. The van der Waals surface area contributed by atoms with Crippen molar-refractivity contribution in [2.45, 2.75) is 31.8 Å². The van der Waals surface area contributed by atoms with Gasteiger partial charge in [0.05, 0.1) is 17.8 Å². The molecule has 0 aliphatic heterocycles. The molecule has 1 heterocycles. The van der Waals surface area contributed by atoms with E-state index in [9.17, 15) is 14.4 Å². The van der Waals surface area contributed by atoms with Crippen molar-refractivity contribution in [3.05, 3.63) is 89.2 Å². The summed E-state index contributed by atoms with van der Waals surface area (Å²) in [5.74, 6) is -1.54. The molecular formula is C26H25N3O5. The number of hydrogen-bond acceptors (Lipinski definition) is 5. The Balaban J connectivity index is 1.33. The molecule has 3 aromatic rings. The number of aromatic nitrogens is 1. The van der Waals surface area contributed by atoms with E-state index in [0.29, 0.717) is 12.1 Å². The topological polar surface area (TPSA) is 118 Å². The van der Waals surface area contributed by atoms with Gasteiger partial charge in [-0.3, -0.25) is 9.78 Å². The number of carbonyl (C=O) groups excluding carboxylic acids is 2. The van der Waals surface area contributed by atoms with Crippen molar-refractivity contribution in [3.63, 3.8) is 0 Å². The van der Waals surface area contributed by atoms with E-state index in [1.54, 1.807) is 6.92 Å². The maximum atomic E-state index is 12.6. The van der Waals surface area contributed by atoms with E-state index in [2.05, 4.69) is 27.8 Å². The molecule has 8 nitrogen and oxygen atoms in total. The van der Waals surface area contributed by atoms with Crippen LogP contribution in [0.5, 0.6) is 0 Å². The van der Waals surface area contributed by atoms with Gasteiger partial charge in [0.1, 0.15) is 12.6 Å². The number of alkyl carbamates (subject to hydrolysis) is 1. The van der Waals surface area contributed by atoms with Crippen LogP contribution in [0.1, 0.15) is 46.4 Å². The van der Waals surface area contributed by atoms with E-state index in [-0.39, 0.29) is 24.6 Å². The molecule has 8 heteroatoms. The first-order valence-corrected chi connectivity index (χ1v) is 11.1. The minimum absolute atomic E-state index is 0.0445. The van der Waals surface area contributed by atoms with Gasteiger partial charge in [0.15, 0.2) is 0 Å². The van der Waals surface area contributed by atoms with E-state index in [0.717, 1.165) is 22.3 Å². The minimum atomic E-state index is -1.07. The van der Waals surface area contributed by atoms with Crippen molar-refractivity contribution < 1.29 is 24.2 Å². The number of rotatable bonds is 8. The molecule has 3 N–H and O–H groups in total. The summed E-state index contributed by atoms with van der Waals surface area (Å²) in [6.45, 7) is 1.98. The number of nitrogens with zero attached hydrogens (tertiary/aromatic N) is 1. The fraction of sp³-hybridized carbons (Fsp3) is 0.231. The van der Waals surface area contributed by atoms with Gasteiger partial charge in [0.25, 0.3) is 0 Å². The molecule has 0 bridgehead atoms. The number of ether oxygens (including phenoxy) is 1. The van der Waals surface area contributed by atoms with Crippen LogP contribution in [0.15, 0.2) is 66.9 Å². The first-order chi connectivity index (χ1) is 16.5. The number of aromatic carboxylic acids is 1. The molecule has 0 fully saturated rings. The van der Waals surface area contributed by atoms with E-state index in [4.69, 9.17) is 9.84 Å². The van der Waals surface area contributed by atoms with Crippen LogP contribution in [0.25, 0.3) is 11.1 Å². The summed E-state index contributed by atoms with van der Waals surface area (Å²) in [5, 5.41) is 14.4. The zero-order valence-electron chi connectivity index (χ0n) is 18.7. The minimum Gasteiger partial charge on any atom is -0.478 e. The number of carboxylic acids is 1. The van der Waals surface area contributed by atoms with Crippen molar-refractivity contribution in [2.24, 2.45) is 0 Å². The summed E-state index contributed by atoms with van der Waals surface area (Å²) in [5.41, 5.74) is 4.99. The number of benzene rings is 2. The molecule has 0 unspecified atom stereocenters. The monoisotopic (exact) mass is 459 g/mol. The van der Waals surface area contributed by atoms with Crippen LogP contribution in [0, 0.1) is 0 Å². The third-order valence-corrected chi connectivity index (χ3v) is 5.87. The molecule has 0 saturated heterocycles. The maximum Gasteiger partial charge on any atom is 0.407 e. The molecule has 0 radical (unpaired) electrons. The largest absolute Gasteiger partial charge is 0.478 e. The quantitative estimate of drug-likeness (QED) is 0.473. The lowest BCUT2D eigenvalue weighted by atomic mass is 9.98. The molecule has 4 rings (SSSR count). The van der Waals surface area contributed by atoms with Gasteiger partial charge in [-0.15, -0.1) is 0 Å². The third kappa shape index (κ3) is 4.91. The number of carbonyl (C=O) groups is 3. The summed E-state index contributed by atoms with van der Waals surface area (Å²) in [7, 11) is 0. The van der Waals surface area contributed by atoms with Crippen molar-refractivity contribution in [1.82, 2.24) is 15.6 Å². The second-order valence-electron chi connectivity index (χ2n) is 7.99. The van der Waals surface area contributed by atoms with Crippen molar-refractivity contribution in [1.29, 1.82) is 0 Å². The first kappa shape index (κ1) is 23.0. The molecular weight excluding hydrogens is 434 g/mol. The van der Waals surface area contributed by atoms with Crippen LogP contribution in [0.4, 0.5) is 4.79 Å². The molecule has 1 aliphatic carbocycles. The molecule has 0 saturated carbocycles. The van der Waals surface area contributed by atoms with Crippen LogP contribution < -0.4 is 10.6 Å². The Morgan fingerprint density at radius 3 is 2.29 bits per heavy atom. The average molecular weight is 460 g/mol. The molecule has 2 amide bonds.